The number of aryl methyl sites for hydroxylation is 1. The molecule has 0 amide bonds. The van der Waals surface area contributed by atoms with E-state index in [1.165, 1.54) is 75.3 Å². The Hall–Kier alpha value is -1.90. The molecule has 0 saturated carbocycles. The highest BCUT2D eigenvalue weighted by molar-refractivity contribution is 5.69. The van der Waals surface area contributed by atoms with Crippen molar-refractivity contribution in [3.8, 4) is 17.0 Å². The number of ether oxygens (including phenoxy) is 1. The lowest BCUT2D eigenvalue weighted by Crippen LogP contribution is -2.03. The zero-order valence-electron chi connectivity index (χ0n) is 19.5. The second-order valence-electron chi connectivity index (χ2n) is 8.65. The molecule has 3 nitrogen and oxygen atoms in total. The molecular weight excluding hydrogens is 368 g/mol. The fourth-order valence-corrected chi connectivity index (χ4v) is 4.10. The van der Waals surface area contributed by atoms with E-state index in [0.717, 1.165) is 36.8 Å². The highest BCUT2D eigenvalue weighted by Gasteiger charge is 2.12. The van der Waals surface area contributed by atoms with Crippen LogP contribution in [0.2, 0.25) is 0 Å². The molecular formula is C27H42N2O. The van der Waals surface area contributed by atoms with E-state index in [1.807, 2.05) is 6.20 Å². The van der Waals surface area contributed by atoms with Crippen LogP contribution >= 0.6 is 0 Å². The lowest BCUT2D eigenvalue weighted by atomic mass is 9.98. The predicted octanol–water partition coefficient (Wildman–Crippen LogP) is 8.03. The lowest BCUT2D eigenvalue weighted by molar-refractivity contribution is 0.298. The van der Waals surface area contributed by atoms with Crippen molar-refractivity contribution in [2.75, 3.05) is 6.61 Å². The highest BCUT2D eigenvalue weighted by atomic mass is 16.5. The van der Waals surface area contributed by atoms with Gasteiger partial charge in [-0.3, -0.25) is 0 Å². The summed E-state index contributed by atoms with van der Waals surface area (Å²) in [5, 5.41) is 0. The van der Waals surface area contributed by atoms with Gasteiger partial charge in [-0.1, -0.05) is 96.4 Å². The Morgan fingerprint density at radius 3 is 2.50 bits per heavy atom. The molecule has 0 aliphatic rings. The van der Waals surface area contributed by atoms with Crippen molar-refractivity contribution in [3.63, 3.8) is 0 Å². The molecule has 2 aromatic rings. The van der Waals surface area contributed by atoms with E-state index in [4.69, 9.17) is 4.74 Å². The molecule has 3 heteroatoms. The van der Waals surface area contributed by atoms with Gasteiger partial charge in [0.15, 0.2) is 5.75 Å². The summed E-state index contributed by atoms with van der Waals surface area (Å²) in [6.45, 7) is 7.62. The summed E-state index contributed by atoms with van der Waals surface area (Å²) in [6, 6.07) is 8.65. The Kier molecular flexibility index (Phi) is 12.2. The normalized spacial score (nSPS) is 12.1. The van der Waals surface area contributed by atoms with Crippen LogP contribution in [0, 0.1) is 5.92 Å². The van der Waals surface area contributed by atoms with E-state index in [2.05, 4.69) is 55.0 Å². The molecule has 0 bridgehead atoms. The first-order valence-electron chi connectivity index (χ1n) is 12.3. The summed E-state index contributed by atoms with van der Waals surface area (Å²) in [5.74, 6) is 1.63. The number of aromatic nitrogens is 2. The SMILES string of the molecule is CCCCCCCCc1ccccc1-c1ncncc1OCCCCC(C)CCC. The Bertz CT molecular complexity index is 701. The maximum absolute atomic E-state index is 6.13. The van der Waals surface area contributed by atoms with Crippen LogP contribution in [0.5, 0.6) is 5.75 Å². The minimum atomic E-state index is 0.735. The van der Waals surface area contributed by atoms with Crippen molar-refractivity contribution in [3.05, 3.63) is 42.4 Å². The van der Waals surface area contributed by atoms with Crippen molar-refractivity contribution >= 4 is 0 Å². The summed E-state index contributed by atoms with van der Waals surface area (Å²) in [5.41, 5.74) is 3.50. The van der Waals surface area contributed by atoms with Gasteiger partial charge in [0.2, 0.25) is 0 Å². The van der Waals surface area contributed by atoms with E-state index in [0.29, 0.717) is 0 Å². The first-order valence-corrected chi connectivity index (χ1v) is 12.3. The van der Waals surface area contributed by atoms with E-state index in [1.54, 1.807) is 6.33 Å². The average Bonchev–Trinajstić information content (AvgIpc) is 2.77. The molecule has 1 heterocycles. The molecule has 2 rings (SSSR count). The van der Waals surface area contributed by atoms with Crippen LogP contribution in [0.25, 0.3) is 11.3 Å². The number of hydrogen-bond acceptors (Lipinski definition) is 3. The van der Waals surface area contributed by atoms with Crippen molar-refractivity contribution in [2.24, 2.45) is 5.92 Å². The predicted molar refractivity (Wildman–Crippen MR) is 128 cm³/mol. The van der Waals surface area contributed by atoms with Gasteiger partial charge in [0.25, 0.3) is 0 Å². The van der Waals surface area contributed by atoms with Crippen LogP contribution in [-0.2, 0) is 6.42 Å². The van der Waals surface area contributed by atoms with Crippen molar-refractivity contribution < 1.29 is 4.74 Å². The van der Waals surface area contributed by atoms with Gasteiger partial charge >= 0.3 is 0 Å². The molecule has 0 aliphatic carbocycles. The summed E-state index contributed by atoms with van der Waals surface area (Å²) in [4.78, 5) is 8.81. The molecule has 0 aliphatic heterocycles. The Labute approximate surface area is 184 Å². The first kappa shape index (κ1) is 24.4. The van der Waals surface area contributed by atoms with E-state index in [9.17, 15) is 0 Å². The van der Waals surface area contributed by atoms with Crippen LogP contribution < -0.4 is 4.74 Å². The van der Waals surface area contributed by atoms with E-state index in [-0.39, 0.29) is 0 Å². The number of rotatable bonds is 16. The molecule has 0 N–H and O–H groups in total. The smallest absolute Gasteiger partial charge is 0.163 e. The molecule has 0 spiro atoms. The van der Waals surface area contributed by atoms with Crippen LogP contribution in [0.3, 0.4) is 0 Å². The van der Waals surface area contributed by atoms with Crippen molar-refractivity contribution in [1.82, 2.24) is 9.97 Å². The monoisotopic (exact) mass is 410 g/mol. The molecule has 0 fully saturated rings. The number of benzene rings is 1. The fraction of sp³-hybridized carbons (Fsp3) is 0.630. The topological polar surface area (TPSA) is 35.0 Å². The van der Waals surface area contributed by atoms with Gasteiger partial charge in [0, 0.05) is 5.56 Å². The molecule has 1 atom stereocenters. The number of nitrogens with zero attached hydrogens (tertiary/aromatic N) is 2. The summed E-state index contributed by atoms with van der Waals surface area (Å²) in [7, 11) is 0. The maximum atomic E-state index is 6.13. The minimum absolute atomic E-state index is 0.735. The van der Waals surface area contributed by atoms with Gasteiger partial charge in [-0.25, -0.2) is 9.97 Å². The summed E-state index contributed by atoms with van der Waals surface area (Å²) >= 11 is 0. The van der Waals surface area contributed by atoms with Crippen molar-refractivity contribution in [1.29, 1.82) is 0 Å². The van der Waals surface area contributed by atoms with Crippen LogP contribution in [0.1, 0.15) is 97.0 Å². The standard InChI is InChI=1S/C27H42N2O/c1-4-6-7-8-9-10-17-24-18-11-12-19-25(24)27-26(21-28-22-29-27)30-20-14-13-16-23(3)15-5-2/h11-12,18-19,21-23H,4-10,13-17,20H2,1-3H3. The van der Waals surface area contributed by atoms with Crippen molar-refractivity contribution in [2.45, 2.75) is 97.8 Å². The van der Waals surface area contributed by atoms with E-state index < -0.39 is 0 Å². The zero-order valence-corrected chi connectivity index (χ0v) is 19.5. The van der Waals surface area contributed by atoms with Gasteiger partial charge in [-0.05, 0) is 37.2 Å². The first-order chi connectivity index (χ1) is 14.8. The lowest BCUT2D eigenvalue weighted by Gasteiger charge is -2.14. The number of unbranched alkanes of at least 4 members (excludes halogenated alkanes) is 6. The quantitative estimate of drug-likeness (QED) is 0.263. The second-order valence-corrected chi connectivity index (χ2v) is 8.65. The molecule has 0 saturated heterocycles. The highest BCUT2D eigenvalue weighted by Crippen LogP contribution is 2.30. The largest absolute Gasteiger partial charge is 0.490 e. The molecule has 1 aromatic heterocycles. The van der Waals surface area contributed by atoms with Gasteiger partial charge in [-0.15, -0.1) is 0 Å². The van der Waals surface area contributed by atoms with Gasteiger partial charge < -0.3 is 4.74 Å². The third-order valence-electron chi connectivity index (χ3n) is 5.88. The van der Waals surface area contributed by atoms with Gasteiger partial charge in [0.1, 0.15) is 12.0 Å². The van der Waals surface area contributed by atoms with Crippen LogP contribution in [0.15, 0.2) is 36.8 Å². The maximum Gasteiger partial charge on any atom is 0.163 e. The van der Waals surface area contributed by atoms with Crippen LogP contribution in [-0.4, -0.2) is 16.6 Å². The fourth-order valence-electron chi connectivity index (χ4n) is 4.10. The van der Waals surface area contributed by atoms with Crippen LogP contribution in [0.4, 0.5) is 0 Å². The molecule has 1 unspecified atom stereocenters. The third-order valence-corrected chi connectivity index (χ3v) is 5.88. The van der Waals surface area contributed by atoms with E-state index >= 15 is 0 Å². The number of hydrogen-bond donors (Lipinski definition) is 0. The molecule has 30 heavy (non-hydrogen) atoms. The Balaban J connectivity index is 1.91. The van der Waals surface area contributed by atoms with Gasteiger partial charge in [0.05, 0.1) is 12.8 Å². The second kappa shape index (κ2) is 15.0. The Morgan fingerprint density at radius 2 is 1.67 bits per heavy atom. The van der Waals surface area contributed by atoms with Gasteiger partial charge in [-0.2, -0.15) is 0 Å². The molecule has 0 radical (unpaired) electrons. The average molecular weight is 411 g/mol. The Morgan fingerprint density at radius 1 is 0.867 bits per heavy atom. The molecule has 1 aromatic carbocycles. The third kappa shape index (κ3) is 8.85. The minimum Gasteiger partial charge on any atom is -0.490 e. The molecule has 166 valence electrons. The zero-order chi connectivity index (χ0) is 21.4. The summed E-state index contributed by atoms with van der Waals surface area (Å²) in [6.07, 6.45) is 18.7. The summed E-state index contributed by atoms with van der Waals surface area (Å²) < 4.78 is 6.13.